The average Bonchev–Trinajstić information content (AvgIpc) is 3.18. The van der Waals surface area contributed by atoms with Gasteiger partial charge in [0.15, 0.2) is 0 Å². The van der Waals surface area contributed by atoms with Crippen molar-refractivity contribution < 1.29 is 4.79 Å². The van der Waals surface area contributed by atoms with Gasteiger partial charge in [-0.3, -0.25) is 9.69 Å². The van der Waals surface area contributed by atoms with Crippen LogP contribution in [0, 0.1) is 17.3 Å². The molecule has 23 heavy (non-hydrogen) atoms. The van der Waals surface area contributed by atoms with Crippen molar-refractivity contribution in [2.45, 2.75) is 71.4 Å². The second-order valence-electron chi connectivity index (χ2n) is 8.73. The lowest BCUT2D eigenvalue weighted by molar-refractivity contribution is -0.124. The normalized spacial score (nSPS) is 39.0. The van der Waals surface area contributed by atoms with Crippen molar-refractivity contribution in [1.82, 2.24) is 15.5 Å². The molecule has 3 rings (SSSR count). The fourth-order valence-corrected chi connectivity index (χ4v) is 5.60. The topological polar surface area (TPSA) is 44.4 Å². The lowest BCUT2D eigenvalue weighted by atomic mass is 9.64. The van der Waals surface area contributed by atoms with Crippen LogP contribution in [0.2, 0.25) is 0 Å². The largest absolute Gasteiger partial charge is 0.349 e. The Hall–Kier alpha value is -0.610. The molecule has 0 aromatic heterocycles. The van der Waals surface area contributed by atoms with E-state index in [4.69, 9.17) is 0 Å². The first kappa shape index (κ1) is 17.2. The molecule has 2 aliphatic carbocycles. The molecule has 1 aliphatic heterocycles. The molecule has 3 aliphatic rings. The van der Waals surface area contributed by atoms with Crippen molar-refractivity contribution in [1.29, 1.82) is 0 Å². The lowest BCUT2D eigenvalue weighted by Gasteiger charge is -2.48. The predicted molar refractivity (Wildman–Crippen MR) is 94.3 cm³/mol. The fraction of sp³-hybridized carbons (Fsp3) is 0.947. The number of carbonyl (C=O) groups is 1. The lowest BCUT2D eigenvalue weighted by Crippen LogP contribution is -2.60. The molecule has 1 saturated heterocycles. The smallest absolute Gasteiger partial charge is 0.234 e. The van der Waals surface area contributed by atoms with Crippen LogP contribution in [0.25, 0.3) is 0 Å². The molecule has 0 unspecified atom stereocenters. The van der Waals surface area contributed by atoms with Crippen LogP contribution in [0.4, 0.5) is 0 Å². The standard InChI is InChI=1S/C19H35N3O/c1-5-22-10-6-7-16(22)12-20-13-17(23)21-19(4)15-9-8-14(11-15)18(19,2)3/h14-16,20H,5-13H2,1-4H3,(H,21,23)/t14-,15-,16-,19+/m0/s1. The number of nitrogens with one attached hydrogen (secondary N) is 2. The van der Waals surface area contributed by atoms with E-state index in [9.17, 15) is 4.79 Å². The molecule has 1 heterocycles. The van der Waals surface area contributed by atoms with E-state index in [1.54, 1.807) is 0 Å². The monoisotopic (exact) mass is 321 g/mol. The maximum absolute atomic E-state index is 12.5. The Labute approximate surface area is 141 Å². The van der Waals surface area contributed by atoms with Gasteiger partial charge < -0.3 is 10.6 Å². The van der Waals surface area contributed by atoms with Crippen molar-refractivity contribution in [3.8, 4) is 0 Å². The molecule has 1 amide bonds. The van der Waals surface area contributed by atoms with Crippen LogP contribution < -0.4 is 10.6 Å². The van der Waals surface area contributed by atoms with Crippen molar-refractivity contribution in [2.24, 2.45) is 17.3 Å². The molecule has 0 aromatic carbocycles. The van der Waals surface area contributed by atoms with Gasteiger partial charge in [0.05, 0.1) is 6.54 Å². The highest BCUT2D eigenvalue weighted by Gasteiger charge is 2.60. The van der Waals surface area contributed by atoms with Gasteiger partial charge in [0, 0.05) is 18.1 Å². The minimum Gasteiger partial charge on any atom is -0.349 e. The van der Waals surface area contributed by atoms with Gasteiger partial charge in [-0.05, 0) is 69.4 Å². The molecule has 4 atom stereocenters. The Bertz CT molecular complexity index is 450. The minimum atomic E-state index is -0.0303. The third-order valence-corrected chi connectivity index (χ3v) is 7.58. The SMILES string of the molecule is CCN1CCC[C@H]1CNCC(=O)N[C@]1(C)[C@H]2CC[C@@H](C2)C1(C)C. The van der Waals surface area contributed by atoms with Gasteiger partial charge in [0.25, 0.3) is 0 Å². The number of carbonyl (C=O) groups excluding carboxylic acids is 1. The molecule has 4 nitrogen and oxygen atoms in total. The zero-order chi connectivity index (χ0) is 16.7. The second-order valence-corrected chi connectivity index (χ2v) is 8.73. The Morgan fingerprint density at radius 1 is 1.17 bits per heavy atom. The molecular formula is C19H35N3O. The number of rotatable bonds is 6. The zero-order valence-electron chi connectivity index (χ0n) is 15.5. The summed E-state index contributed by atoms with van der Waals surface area (Å²) in [6.45, 7) is 12.9. The zero-order valence-corrected chi connectivity index (χ0v) is 15.5. The first-order chi connectivity index (χ1) is 10.9. The van der Waals surface area contributed by atoms with E-state index in [0.29, 0.717) is 18.5 Å². The maximum atomic E-state index is 12.5. The van der Waals surface area contributed by atoms with Crippen LogP contribution in [0.5, 0.6) is 0 Å². The summed E-state index contributed by atoms with van der Waals surface area (Å²) < 4.78 is 0. The summed E-state index contributed by atoms with van der Waals surface area (Å²) in [4.78, 5) is 15.0. The van der Waals surface area contributed by atoms with Gasteiger partial charge in [0.2, 0.25) is 5.91 Å². The molecule has 0 radical (unpaired) electrons. The number of nitrogens with zero attached hydrogens (tertiary/aromatic N) is 1. The summed E-state index contributed by atoms with van der Waals surface area (Å²) in [5.74, 6) is 1.62. The third kappa shape index (κ3) is 2.93. The van der Waals surface area contributed by atoms with E-state index in [1.807, 2.05) is 0 Å². The predicted octanol–water partition coefficient (Wildman–Crippen LogP) is 2.39. The number of hydrogen-bond acceptors (Lipinski definition) is 3. The number of hydrogen-bond donors (Lipinski definition) is 2. The van der Waals surface area contributed by atoms with Gasteiger partial charge in [-0.25, -0.2) is 0 Å². The van der Waals surface area contributed by atoms with Crippen LogP contribution in [-0.4, -0.2) is 48.6 Å². The van der Waals surface area contributed by atoms with E-state index >= 15 is 0 Å². The van der Waals surface area contributed by atoms with E-state index in [1.165, 1.54) is 38.6 Å². The van der Waals surface area contributed by atoms with E-state index in [-0.39, 0.29) is 16.9 Å². The number of likely N-dealkylation sites (tertiary alicyclic amines) is 1. The van der Waals surface area contributed by atoms with Crippen molar-refractivity contribution in [3.63, 3.8) is 0 Å². The number of amides is 1. The highest BCUT2D eigenvalue weighted by atomic mass is 16.2. The molecule has 2 saturated carbocycles. The number of fused-ring (bicyclic) bond motifs is 2. The van der Waals surface area contributed by atoms with Crippen molar-refractivity contribution in [3.05, 3.63) is 0 Å². The van der Waals surface area contributed by atoms with Crippen molar-refractivity contribution >= 4 is 5.91 Å². The fourth-order valence-electron chi connectivity index (χ4n) is 5.60. The first-order valence-corrected chi connectivity index (χ1v) is 9.64. The minimum absolute atomic E-state index is 0.0303. The molecule has 3 fully saturated rings. The van der Waals surface area contributed by atoms with Gasteiger partial charge in [0.1, 0.15) is 0 Å². The Kier molecular flexibility index (Phi) is 4.76. The Balaban J connectivity index is 1.48. The van der Waals surface area contributed by atoms with Crippen molar-refractivity contribution in [2.75, 3.05) is 26.2 Å². The summed E-state index contributed by atoms with van der Waals surface area (Å²) >= 11 is 0. The second kappa shape index (κ2) is 6.36. The third-order valence-electron chi connectivity index (χ3n) is 7.58. The van der Waals surface area contributed by atoms with Crippen LogP contribution in [0.3, 0.4) is 0 Å². The highest BCUT2D eigenvalue weighted by Crippen LogP contribution is 2.61. The highest BCUT2D eigenvalue weighted by molar-refractivity contribution is 5.79. The van der Waals surface area contributed by atoms with E-state index < -0.39 is 0 Å². The van der Waals surface area contributed by atoms with Crippen LogP contribution in [-0.2, 0) is 4.79 Å². The molecule has 132 valence electrons. The Morgan fingerprint density at radius 2 is 1.91 bits per heavy atom. The van der Waals surface area contributed by atoms with E-state index in [2.05, 4.69) is 43.2 Å². The summed E-state index contributed by atoms with van der Waals surface area (Å²) in [7, 11) is 0. The van der Waals surface area contributed by atoms with Crippen LogP contribution in [0.1, 0.15) is 59.8 Å². The molecular weight excluding hydrogens is 286 g/mol. The van der Waals surface area contributed by atoms with Crippen LogP contribution in [0.15, 0.2) is 0 Å². The molecule has 4 heteroatoms. The molecule has 2 N–H and O–H groups in total. The van der Waals surface area contributed by atoms with E-state index in [0.717, 1.165) is 19.0 Å². The van der Waals surface area contributed by atoms with Gasteiger partial charge in [-0.2, -0.15) is 0 Å². The summed E-state index contributed by atoms with van der Waals surface area (Å²) in [6, 6.07) is 0.613. The summed E-state index contributed by atoms with van der Waals surface area (Å²) in [5, 5.41) is 6.81. The van der Waals surface area contributed by atoms with Gasteiger partial charge in [-0.15, -0.1) is 0 Å². The quantitative estimate of drug-likeness (QED) is 0.789. The summed E-state index contributed by atoms with van der Waals surface area (Å²) in [6.07, 6.45) is 6.48. The summed E-state index contributed by atoms with van der Waals surface area (Å²) in [5.41, 5.74) is 0.188. The van der Waals surface area contributed by atoms with Gasteiger partial charge in [-0.1, -0.05) is 20.8 Å². The molecule has 2 bridgehead atoms. The van der Waals surface area contributed by atoms with Gasteiger partial charge >= 0.3 is 0 Å². The number of likely N-dealkylation sites (N-methyl/N-ethyl adjacent to an activating group) is 1. The first-order valence-electron chi connectivity index (χ1n) is 9.64. The van der Waals surface area contributed by atoms with Crippen LogP contribution >= 0.6 is 0 Å². The molecule has 0 aromatic rings. The Morgan fingerprint density at radius 3 is 2.57 bits per heavy atom. The average molecular weight is 322 g/mol. The molecule has 0 spiro atoms. The maximum Gasteiger partial charge on any atom is 0.234 e.